The first-order chi connectivity index (χ1) is 13.3. The van der Waals surface area contributed by atoms with Crippen LogP contribution in [0.15, 0.2) is 11.0 Å². The zero-order chi connectivity index (χ0) is 20.7. The maximum atomic E-state index is 12.7. The quantitative estimate of drug-likeness (QED) is 0.487. The number of methoxy groups -OCH3 is 1. The first kappa shape index (κ1) is 21.4. The van der Waals surface area contributed by atoms with Crippen molar-refractivity contribution in [3.63, 3.8) is 0 Å². The largest absolute Gasteiger partial charge is 0.506 e. The molecule has 10 heteroatoms. The molecule has 1 aliphatic rings. The summed E-state index contributed by atoms with van der Waals surface area (Å²) in [5.41, 5.74) is -1.73. The van der Waals surface area contributed by atoms with Gasteiger partial charge in [0.2, 0.25) is 0 Å². The molecule has 1 heterocycles. The van der Waals surface area contributed by atoms with Crippen LogP contribution >= 0.6 is 0 Å². The van der Waals surface area contributed by atoms with Crippen LogP contribution in [0.3, 0.4) is 0 Å². The van der Waals surface area contributed by atoms with Crippen LogP contribution in [0.2, 0.25) is 0 Å². The van der Waals surface area contributed by atoms with Gasteiger partial charge in [-0.1, -0.05) is 19.3 Å². The minimum atomic E-state index is -1.31. The van der Waals surface area contributed by atoms with Gasteiger partial charge in [-0.05, 0) is 12.8 Å². The number of carboxylic acids is 1. The van der Waals surface area contributed by atoms with Crippen LogP contribution in [0.4, 0.5) is 0 Å². The SMILES string of the molecule is COCCn1cc(C(=O)NC2CCCCC2)c(O)c(C(=O)NCC(=O)O)c1=O. The van der Waals surface area contributed by atoms with Gasteiger partial charge in [0.1, 0.15) is 17.9 Å². The van der Waals surface area contributed by atoms with E-state index < -0.39 is 41.2 Å². The Hall–Kier alpha value is -2.88. The predicted octanol–water partition coefficient (Wildman–Crippen LogP) is 0.0772. The number of nitrogens with zero attached hydrogens (tertiary/aromatic N) is 1. The van der Waals surface area contributed by atoms with Crippen molar-refractivity contribution in [3.8, 4) is 5.75 Å². The second-order valence-electron chi connectivity index (χ2n) is 6.64. The number of carbonyl (C=O) groups excluding carboxylic acids is 2. The highest BCUT2D eigenvalue weighted by molar-refractivity contribution is 6.04. The number of aliphatic carboxylic acids is 1. The lowest BCUT2D eigenvalue weighted by molar-refractivity contribution is -0.135. The summed E-state index contributed by atoms with van der Waals surface area (Å²) < 4.78 is 6.02. The molecule has 1 fully saturated rings. The smallest absolute Gasteiger partial charge is 0.322 e. The van der Waals surface area contributed by atoms with Crippen molar-refractivity contribution >= 4 is 17.8 Å². The molecule has 0 bridgehead atoms. The average molecular weight is 395 g/mol. The van der Waals surface area contributed by atoms with Gasteiger partial charge in [-0.2, -0.15) is 0 Å². The third kappa shape index (κ3) is 5.32. The van der Waals surface area contributed by atoms with Gasteiger partial charge in [0.05, 0.1) is 12.2 Å². The summed E-state index contributed by atoms with van der Waals surface area (Å²) in [7, 11) is 1.43. The van der Waals surface area contributed by atoms with Gasteiger partial charge < -0.3 is 30.2 Å². The number of aromatic nitrogens is 1. The predicted molar refractivity (Wildman–Crippen MR) is 98.6 cm³/mol. The Balaban J connectivity index is 2.38. The molecule has 0 radical (unpaired) electrons. The molecule has 2 rings (SSSR count). The molecule has 1 aromatic heterocycles. The third-order valence-corrected chi connectivity index (χ3v) is 4.60. The Morgan fingerprint density at radius 3 is 2.50 bits per heavy atom. The molecular formula is C18H25N3O7. The number of carboxylic acid groups (broad SMARTS) is 1. The lowest BCUT2D eigenvalue weighted by atomic mass is 9.95. The number of amides is 2. The van der Waals surface area contributed by atoms with Crippen molar-refractivity contribution in [2.45, 2.75) is 44.7 Å². The van der Waals surface area contributed by atoms with Crippen molar-refractivity contribution in [3.05, 3.63) is 27.7 Å². The maximum absolute atomic E-state index is 12.7. The number of hydrogen-bond donors (Lipinski definition) is 4. The molecule has 10 nitrogen and oxygen atoms in total. The summed E-state index contributed by atoms with van der Waals surface area (Å²) in [4.78, 5) is 48.2. The van der Waals surface area contributed by atoms with Crippen molar-refractivity contribution in [2.75, 3.05) is 20.3 Å². The number of pyridine rings is 1. The second kappa shape index (κ2) is 9.88. The average Bonchev–Trinajstić information content (AvgIpc) is 2.66. The summed E-state index contributed by atoms with van der Waals surface area (Å²) in [5.74, 6) is -3.74. The molecule has 0 spiro atoms. The van der Waals surface area contributed by atoms with E-state index in [2.05, 4.69) is 5.32 Å². The van der Waals surface area contributed by atoms with Gasteiger partial charge in [-0.25, -0.2) is 0 Å². The summed E-state index contributed by atoms with van der Waals surface area (Å²) in [6, 6.07) is -0.0377. The molecule has 2 amide bonds. The highest BCUT2D eigenvalue weighted by atomic mass is 16.5. The van der Waals surface area contributed by atoms with Gasteiger partial charge in [-0.15, -0.1) is 0 Å². The normalized spacial score (nSPS) is 14.5. The molecule has 0 aromatic carbocycles. The van der Waals surface area contributed by atoms with Crippen LogP contribution in [0, 0.1) is 0 Å². The minimum Gasteiger partial charge on any atom is -0.506 e. The highest BCUT2D eigenvalue weighted by Crippen LogP contribution is 2.22. The van der Waals surface area contributed by atoms with Crippen LogP contribution in [-0.4, -0.2) is 58.9 Å². The minimum absolute atomic E-state index is 0.0377. The summed E-state index contributed by atoms with van der Waals surface area (Å²) in [5, 5.41) is 24.0. The lowest BCUT2D eigenvalue weighted by Gasteiger charge is -2.23. The molecule has 28 heavy (non-hydrogen) atoms. The fourth-order valence-corrected chi connectivity index (χ4v) is 3.14. The van der Waals surface area contributed by atoms with E-state index in [0.717, 1.165) is 36.7 Å². The standard InChI is InChI=1S/C18H25N3O7/c1-28-8-7-21-10-12(16(25)20-11-5-3-2-4-6-11)15(24)14(18(21)27)17(26)19-9-13(22)23/h10-11,24H,2-9H2,1H3,(H,19,26)(H,20,25)(H,22,23). The Morgan fingerprint density at radius 2 is 1.89 bits per heavy atom. The van der Waals surface area contributed by atoms with E-state index in [1.807, 2.05) is 5.32 Å². The van der Waals surface area contributed by atoms with Crippen LogP contribution < -0.4 is 16.2 Å². The van der Waals surface area contributed by atoms with E-state index >= 15 is 0 Å². The van der Waals surface area contributed by atoms with Crippen LogP contribution in [0.5, 0.6) is 5.75 Å². The Kier molecular flexibility index (Phi) is 7.56. The van der Waals surface area contributed by atoms with E-state index in [-0.39, 0.29) is 24.8 Å². The molecule has 1 saturated carbocycles. The Bertz CT molecular complexity index is 797. The number of rotatable bonds is 8. The van der Waals surface area contributed by atoms with E-state index in [4.69, 9.17) is 9.84 Å². The van der Waals surface area contributed by atoms with Gasteiger partial charge in [-0.3, -0.25) is 19.2 Å². The van der Waals surface area contributed by atoms with Crippen LogP contribution in [0.25, 0.3) is 0 Å². The van der Waals surface area contributed by atoms with Crippen molar-refractivity contribution < 1.29 is 29.3 Å². The zero-order valence-corrected chi connectivity index (χ0v) is 15.7. The van der Waals surface area contributed by atoms with Gasteiger partial charge in [0, 0.05) is 25.9 Å². The second-order valence-corrected chi connectivity index (χ2v) is 6.64. The Morgan fingerprint density at radius 1 is 1.21 bits per heavy atom. The first-order valence-electron chi connectivity index (χ1n) is 9.11. The first-order valence-corrected chi connectivity index (χ1v) is 9.11. The molecule has 0 unspecified atom stereocenters. The van der Waals surface area contributed by atoms with E-state index in [0.29, 0.717) is 0 Å². The number of nitrogens with one attached hydrogen (secondary N) is 2. The van der Waals surface area contributed by atoms with Crippen molar-refractivity contribution in [2.24, 2.45) is 0 Å². The molecule has 0 atom stereocenters. The molecular weight excluding hydrogens is 370 g/mol. The van der Waals surface area contributed by atoms with Gasteiger partial charge in [0.15, 0.2) is 0 Å². The van der Waals surface area contributed by atoms with E-state index in [9.17, 15) is 24.3 Å². The highest BCUT2D eigenvalue weighted by Gasteiger charge is 2.26. The summed E-state index contributed by atoms with van der Waals surface area (Å²) in [6.45, 7) is -0.530. The number of hydrogen-bond acceptors (Lipinski definition) is 6. The van der Waals surface area contributed by atoms with E-state index in [1.54, 1.807) is 0 Å². The van der Waals surface area contributed by atoms with Gasteiger partial charge >= 0.3 is 5.97 Å². The molecule has 1 aromatic rings. The third-order valence-electron chi connectivity index (χ3n) is 4.60. The fraction of sp³-hybridized carbons (Fsp3) is 0.556. The molecule has 1 aliphatic carbocycles. The summed E-state index contributed by atoms with van der Waals surface area (Å²) in [6.07, 6.45) is 5.92. The van der Waals surface area contributed by atoms with Crippen LogP contribution in [-0.2, 0) is 16.1 Å². The number of carbonyl (C=O) groups is 3. The zero-order valence-electron chi connectivity index (χ0n) is 15.7. The van der Waals surface area contributed by atoms with Crippen molar-refractivity contribution in [1.29, 1.82) is 0 Å². The van der Waals surface area contributed by atoms with Crippen molar-refractivity contribution in [1.82, 2.24) is 15.2 Å². The lowest BCUT2D eigenvalue weighted by Crippen LogP contribution is -2.39. The number of aromatic hydroxyl groups is 1. The monoisotopic (exact) mass is 395 g/mol. The van der Waals surface area contributed by atoms with Gasteiger partial charge in [0.25, 0.3) is 17.4 Å². The van der Waals surface area contributed by atoms with E-state index in [1.165, 1.54) is 13.3 Å². The topological polar surface area (TPSA) is 147 Å². The summed E-state index contributed by atoms with van der Waals surface area (Å²) >= 11 is 0. The fourth-order valence-electron chi connectivity index (χ4n) is 3.14. The Labute approximate surface area is 161 Å². The number of ether oxygens (including phenoxy) is 1. The molecule has 4 N–H and O–H groups in total. The van der Waals surface area contributed by atoms with Crippen LogP contribution in [0.1, 0.15) is 52.8 Å². The maximum Gasteiger partial charge on any atom is 0.322 e. The molecule has 0 saturated heterocycles. The molecule has 154 valence electrons. The molecule has 0 aliphatic heterocycles.